The summed E-state index contributed by atoms with van der Waals surface area (Å²) in [4.78, 5) is 35.1. The molecule has 11 nitrogen and oxygen atoms in total. The van der Waals surface area contributed by atoms with Crippen molar-refractivity contribution in [2.75, 3.05) is 80.1 Å². The number of methoxy groups -OCH3 is 1. The second kappa shape index (κ2) is 15.4. The molecule has 3 aliphatic heterocycles. The lowest BCUT2D eigenvalue weighted by molar-refractivity contribution is -0.111. The smallest absolute Gasteiger partial charge is 0.247 e. The highest BCUT2D eigenvalue weighted by Crippen LogP contribution is 2.41. The summed E-state index contributed by atoms with van der Waals surface area (Å²) >= 11 is 6.45. The molecule has 48 heavy (non-hydrogen) atoms. The van der Waals surface area contributed by atoms with Crippen LogP contribution in [0.4, 0.5) is 28.7 Å². The number of benzene rings is 2. The number of aromatic nitrogens is 2. The third kappa shape index (κ3) is 7.44. The Labute approximate surface area is 288 Å². The molecule has 0 spiro atoms. The highest BCUT2D eigenvalue weighted by Gasteiger charge is 2.31. The molecule has 0 saturated carbocycles. The molecule has 1 amide bonds. The number of piperidine rings is 1. The Bertz CT molecular complexity index is 1620. The van der Waals surface area contributed by atoms with E-state index in [4.69, 9.17) is 21.2 Å². The predicted molar refractivity (Wildman–Crippen MR) is 193 cm³/mol. The van der Waals surface area contributed by atoms with Gasteiger partial charge in [0.2, 0.25) is 5.91 Å². The number of hydroxylamine groups is 1. The molecule has 6 rings (SSSR count). The molecular formula is C36H45ClN8O3. The van der Waals surface area contributed by atoms with E-state index in [-0.39, 0.29) is 11.9 Å². The van der Waals surface area contributed by atoms with Crippen LogP contribution < -0.4 is 25.3 Å². The van der Waals surface area contributed by atoms with Gasteiger partial charge in [0.05, 0.1) is 36.8 Å². The predicted octanol–water partition coefficient (Wildman–Crippen LogP) is 5.97. The number of carbonyl (C=O) groups excluding carboxylic acids is 1. The molecule has 3 aromatic rings. The first-order valence-electron chi connectivity index (χ1n) is 16.6. The van der Waals surface area contributed by atoms with E-state index in [2.05, 4.69) is 54.5 Å². The van der Waals surface area contributed by atoms with E-state index in [0.29, 0.717) is 41.4 Å². The summed E-state index contributed by atoms with van der Waals surface area (Å²) < 4.78 is 5.88. The number of rotatable bonds is 11. The molecule has 254 valence electrons. The number of carbonyl (C=O) groups is 1. The quantitative estimate of drug-likeness (QED) is 0.187. The summed E-state index contributed by atoms with van der Waals surface area (Å²) in [6.07, 6.45) is 7.68. The van der Waals surface area contributed by atoms with Crippen LogP contribution in [-0.4, -0.2) is 91.2 Å². The van der Waals surface area contributed by atoms with Crippen molar-refractivity contribution in [2.45, 2.75) is 38.3 Å². The third-order valence-corrected chi connectivity index (χ3v) is 10.0. The second-order valence-electron chi connectivity index (χ2n) is 12.4. The number of piperazine rings is 1. The number of ether oxygens (including phenoxy) is 1. The summed E-state index contributed by atoms with van der Waals surface area (Å²) in [6, 6.07) is 12.2. The molecule has 0 aliphatic carbocycles. The maximum absolute atomic E-state index is 12.6. The molecular weight excluding hydrogens is 628 g/mol. The van der Waals surface area contributed by atoms with Crippen LogP contribution in [0, 0.1) is 6.92 Å². The third-order valence-electron chi connectivity index (χ3n) is 9.59. The first-order valence-corrected chi connectivity index (χ1v) is 17.0. The van der Waals surface area contributed by atoms with Crippen LogP contribution in [-0.2, 0) is 9.63 Å². The van der Waals surface area contributed by atoms with Crippen molar-refractivity contribution in [3.63, 3.8) is 0 Å². The number of nitrogens with one attached hydrogen (secondary N) is 2. The van der Waals surface area contributed by atoms with E-state index in [1.807, 2.05) is 48.4 Å². The molecule has 0 bridgehead atoms. The molecule has 3 aliphatic rings. The van der Waals surface area contributed by atoms with Gasteiger partial charge in [0.25, 0.3) is 0 Å². The van der Waals surface area contributed by atoms with Gasteiger partial charge in [0, 0.05) is 75.4 Å². The van der Waals surface area contributed by atoms with Gasteiger partial charge in [-0.1, -0.05) is 36.4 Å². The maximum atomic E-state index is 12.6. The van der Waals surface area contributed by atoms with Crippen molar-refractivity contribution in [1.29, 1.82) is 0 Å². The summed E-state index contributed by atoms with van der Waals surface area (Å²) in [5.74, 6) is 1.53. The van der Waals surface area contributed by atoms with Gasteiger partial charge in [-0.25, -0.2) is 15.0 Å². The number of hydrogen-bond acceptors (Lipinski definition) is 10. The fourth-order valence-corrected chi connectivity index (χ4v) is 7.17. The molecule has 1 unspecified atom stereocenters. The summed E-state index contributed by atoms with van der Waals surface area (Å²) in [7, 11) is 1.64. The first-order chi connectivity index (χ1) is 23.4. The SMILES string of the molecule is C=CCN1CCN(C2CCN(c3cc(OC)c(Nc4cc(N5OCCC5c5cccc(Cl)c5C)ncn4)cc3NC(=O)C=C)CC2)CC1. The lowest BCUT2D eigenvalue weighted by Crippen LogP contribution is -2.53. The number of nitrogens with zero attached hydrogens (tertiary/aromatic N) is 6. The summed E-state index contributed by atoms with van der Waals surface area (Å²) in [5, 5.41) is 8.97. The average Bonchev–Trinajstić information content (AvgIpc) is 3.60. The number of anilines is 5. The number of amides is 1. The Morgan fingerprint density at radius 2 is 1.85 bits per heavy atom. The number of halogens is 1. The fourth-order valence-electron chi connectivity index (χ4n) is 6.98. The molecule has 2 aromatic carbocycles. The largest absolute Gasteiger partial charge is 0.494 e. The second-order valence-corrected chi connectivity index (χ2v) is 12.8. The summed E-state index contributed by atoms with van der Waals surface area (Å²) in [5.41, 5.74) is 4.37. The zero-order valence-electron chi connectivity index (χ0n) is 27.8. The van der Waals surface area contributed by atoms with Crippen LogP contribution in [0.25, 0.3) is 0 Å². The van der Waals surface area contributed by atoms with Crippen LogP contribution in [0.2, 0.25) is 5.02 Å². The van der Waals surface area contributed by atoms with Crippen LogP contribution >= 0.6 is 11.6 Å². The van der Waals surface area contributed by atoms with E-state index < -0.39 is 0 Å². The van der Waals surface area contributed by atoms with Gasteiger partial charge in [-0.3, -0.25) is 19.4 Å². The Morgan fingerprint density at radius 1 is 1.06 bits per heavy atom. The van der Waals surface area contributed by atoms with Crippen molar-refractivity contribution in [3.05, 3.63) is 84.2 Å². The van der Waals surface area contributed by atoms with Gasteiger partial charge < -0.3 is 20.3 Å². The minimum atomic E-state index is -0.280. The Kier molecular flexibility index (Phi) is 10.8. The molecule has 0 radical (unpaired) electrons. The Hall–Kier alpha value is -4.16. The van der Waals surface area contributed by atoms with Crippen molar-refractivity contribution in [2.24, 2.45) is 0 Å². The molecule has 4 heterocycles. The molecule has 1 aromatic heterocycles. The van der Waals surface area contributed by atoms with E-state index in [1.165, 1.54) is 12.4 Å². The van der Waals surface area contributed by atoms with Gasteiger partial charge in [0.15, 0.2) is 5.82 Å². The van der Waals surface area contributed by atoms with E-state index in [0.717, 1.165) is 86.9 Å². The fraction of sp³-hybridized carbons (Fsp3) is 0.417. The van der Waals surface area contributed by atoms with E-state index in [9.17, 15) is 4.79 Å². The van der Waals surface area contributed by atoms with Crippen LogP contribution in [0.1, 0.15) is 36.4 Å². The van der Waals surface area contributed by atoms with E-state index >= 15 is 0 Å². The van der Waals surface area contributed by atoms with Gasteiger partial charge in [-0.2, -0.15) is 0 Å². The molecule has 1 atom stereocenters. The lowest BCUT2D eigenvalue weighted by Gasteiger charge is -2.43. The van der Waals surface area contributed by atoms with Crippen molar-refractivity contribution >= 4 is 46.2 Å². The molecule has 12 heteroatoms. The monoisotopic (exact) mass is 672 g/mol. The van der Waals surface area contributed by atoms with E-state index in [1.54, 1.807) is 7.11 Å². The van der Waals surface area contributed by atoms with Crippen LogP contribution in [0.5, 0.6) is 5.75 Å². The van der Waals surface area contributed by atoms with Gasteiger partial charge >= 0.3 is 0 Å². The van der Waals surface area contributed by atoms with Crippen molar-refractivity contribution in [3.8, 4) is 5.75 Å². The highest BCUT2D eigenvalue weighted by molar-refractivity contribution is 6.31. The summed E-state index contributed by atoms with van der Waals surface area (Å²) in [6.45, 7) is 17.2. The Morgan fingerprint density at radius 3 is 2.58 bits per heavy atom. The highest BCUT2D eigenvalue weighted by atomic mass is 35.5. The van der Waals surface area contributed by atoms with Crippen molar-refractivity contribution < 1.29 is 14.4 Å². The van der Waals surface area contributed by atoms with Gasteiger partial charge in [-0.05, 0) is 49.1 Å². The normalized spacial score (nSPS) is 19.3. The Balaban J connectivity index is 1.20. The average molecular weight is 673 g/mol. The number of hydrogen-bond donors (Lipinski definition) is 2. The van der Waals surface area contributed by atoms with Gasteiger partial charge in [-0.15, -0.1) is 6.58 Å². The zero-order valence-corrected chi connectivity index (χ0v) is 28.6. The molecule has 3 saturated heterocycles. The molecule has 3 fully saturated rings. The van der Waals surface area contributed by atoms with Crippen LogP contribution in [0.3, 0.4) is 0 Å². The lowest BCUT2D eigenvalue weighted by atomic mass is 9.99. The van der Waals surface area contributed by atoms with Gasteiger partial charge in [0.1, 0.15) is 17.9 Å². The minimum absolute atomic E-state index is 0.0352. The topological polar surface area (TPSA) is 98.3 Å². The van der Waals surface area contributed by atoms with Crippen molar-refractivity contribution in [1.82, 2.24) is 19.8 Å². The maximum Gasteiger partial charge on any atom is 0.247 e. The standard InChI is InChI=1S/C36H45ClN8O3/c1-5-13-42-16-18-43(19-17-42)26-10-14-44(15-11-26)32-22-33(47-4)30(21-29(32)41-36(46)6-2)40-34-23-35(39-24-38-34)45-31(12-20-48-45)27-8-7-9-28(37)25(27)3/h5-9,21-24,26,31H,1-2,10-20H2,3-4H3,(H,41,46)(H,38,39,40). The van der Waals surface area contributed by atoms with Crippen LogP contribution in [0.15, 0.2) is 68.0 Å². The minimum Gasteiger partial charge on any atom is -0.494 e. The molecule has 2 N–H and O–H groups in total. The first kappa shape index (κ1) is 33.7. The zero-order chi connectivity index (χ0) is 33.6.